The fraction of sp³-hybridized carbons (Fsp3) is 0.0476. The summed E-state index contributed by atoms with van der Waals surface area (Å²) in [5.41, 5.74) is 16.4. The Kier molecular flexibility index (Phi) is 4.54. The van der Waals surface area contributed by atoms with Crippen LogP contribution in [0.25, 0.3) is 54.8 Å². The van der Waals surface area contributed by atoms with Crippen molar-refractivity contribution in [1.29, 1.82) is 0 Å². The number of nitrogens with zero attached hydrogens (tertiary/aromatic N) is 2. The lowest BCUT2D eigenvalue weighted by Gasteiger charge is -2.43. The molecule has 0 aliphatic carbocycles. The number of fused-ring (bicyclic) bond motifs is 11. The standard InChI is InChI=1S/C42H27BN2O/c1-24-10-7-11-25(2)38(24)27-22-32-30-15-8-14-29-31-21-20-26-12-3-4-13-28(26)40(31)45(41(29)30)43-33-16-9-19-37-42(33)44(35(23-27)39(32)43)34-17-5-6-18-36(34)46-37/h3-23H,1-2H3. The summed E-state index contributed by atoms with van der Waals surface area (Å²) < 4.78 is 9.32. The van der Waals surface area contributed by atoms with E-state index in [2.05, 4.69) is 151 Å². The van der Waals surface area contributed by atoms with Gasteiger partial charge in [0.2, 0.25) is 0 Å². The molecule has 0 bridgehead atoms. The van der Waals surface area contributed by atoms with Gasteiger partial charge in [0.05, 0.1) is 11.4 Å². The highest BCUT2D eigenvalue weighted by Crippen LogP contribution is 2.54. The first kappa shape index (κ1) is 24.6. The van der Waals surface area contributed by atoms with Gasteiger partial charge in [0.25, 0.3) is 0 Å². The van der Waals surface area contributed by atoms with Crippen LogP contribution in [0.5, 0.6) is 11.5 Å². The zero-order valence-electron chi connectivity index (χ0n) is 25.5. The molecule has 0 saturated heterocycles. The van der Waals surface area contributed by atoms with Crippen LogP contribution in [0.15, 0.2) is 127 Å². The van der Waals surface area contributed by atoms with E-state index in [1.54, 1.807) is 0 Å². The predicted molar refractivity (Wildman–Crippen MR) is 192 cm³/mol. The van der Waals surface area contributed by atoms with E-state index in [0.717, 1.165) is 22.9 Å². The first-order valence-corrected chi connectivity index (χ1v) is 16.1. The maximum atomic E-state index is 6.66. The maximum Gasteiger partial charge on any atom is 0.333 e. The van der Waals surface area contributed by atoms with Crippen LogP contribution >= 0.6 is 0 Å². The Morgan fingerprint density at radius 1 is 0.565 bits per heavy atom. The van der Waals surface area contributed by atoms with Crippen LogP contribution in [-0.4, -0.2) is 11.3 Å². The van der Waals surface area contributed by atoms with Gasteiger partial charge in [0.1, 0.15) is 0 Å². The van der Waals surface area contributed by atoms with Crippen molar-refractivity contribution < 1.29 is 4.74 Å². The van der Waals surface area contributed by atoms with Crippen molar-refractivity contribution >= 4 is 67.4 Å². The average molecular weight is 587 g/mol. The zero-order valence-corrected chi connectivity index (χ0v) is 25.5. The monoisotopic (exact) mass is 586 g/mol. The van der Waals surface area contributed by atoms with Gasteiger partial charge in [-0.05, 0) is 88.3 Å². The molecule has 214 valence electrons. The Morgan fingerprint density at radius 2 is 1.30 bits per heavy atom. The minimum Gasteiger partial charge on any atom is -0.453 e. The summed E-state index contributed by atoms with van der Waals surface area (Å²) in [6.07, 6.45) is 0. The highest BCUT2D eigenvalue weighted by molar-refractivity contribution is 6.90. The van der Waals surface area contributed by atoms with E-state index in [-0.39, 0.29) is 6.85 Å². The number of aromatic nitrogens is 1. The number of hydrogen-bond acceptors (Lipinski definition) is 2. The van der Waals surface area contributed by atoms with Crippen molar-refractivity contribution in [2.24, 2.45) is 0 Å². The van der Waals surface area contributed by atoms with E-state index >= 15 is 0 Å². The molecule has 1 aromatic heterocycles. The molecule has 4 heterocycles. The molecule has 0 N–H and O–H groups in total. The molecular formula is C42H27BN2O. The van der Waals surface area contributed by atoms with E-state index in [1.807, 2.05) is 0 Å². The molecule has 7 aromatic carbocycles. The van der Waals surface area contributed by atoms with Crippen molar-refractivity contribution in [3.63, 3.8) is 0 Å². The van der Waals surface area contributed by atoms with Gasteiger partial charge in [-0.1, -0.05) is 97.1 Å². The third kappa shape index (κ3) is 2.90. The summed E-state index contributed by atoms with van der Waals surface area (Å²) >= 11 is 0. The van der Waals surface area contributed by atoms with E-state index in [9.17, 15) is 0 Å². The van der Waals surface area contributed by atoms with Crippen molar-refractivity contribution in [2.75, 3.05) is 4.90 Å². The molecule has 0 amide bonds. The van der Waals surface area contributed by atoms with Gasteiger partial charge in [-0.3, -0.25) is 0 Å². The molecule has 0 radical (unpaired) electrons. The SMILES string of the molecule is Cc1cccc(C)c1-c1cc2c3c(c1)N1c4ccccc4Oc4cccc(c41)B3n1c3c-2cccc3c2ccc3ccccc3c21. The second-order valence-corrected chi connectivity index (χ2v) is 13.0. The Balaban J connectivity index is 1.37. The quantitative estimate of drug-likeness (QED) is 0.178. The third-order valence-corrected chi connectivity index (χ3v) is 10.6. The Morgan fingerprint density at radius 3 is 2.22 bits per heavy atom. The average Bonchev–Trinajstić information content (AvgIpc) is 3.43. The van der Waals surface area contributed by atoms with E-state index in [1.165, 1.54) is 82.6 Å². The lowest BCUT2D eigenvalue weighted by atomic mass is 9.45. The molecule has 11 rings (SSSR count). The molecule has 4 heteroatoms. The summed E-state index contributed by atoms with van der Waals surface area (Å²) in [5, 5.41) is 5.15. The number of anilines is 3. The number of ether oxygens (including phenoxy) is 1. The molecule has 3 aliphatic rings. The number of benzene rings is 7. The molecule has 0 fully saturated rings. The van der Waals surface area contributed by atoms with Gasteiger partial charge in [-0.2, -0.15) is 0 Å². The lowest BCUT2D eigenvalue weighted by Crippen LogP contribution is -2.57. The minimum atomic E-state index is -0.0159. The summed E-state index contributed by atoms with van der Waals surface area (Å²) in [6.45, 7) is 4.45. The van der Waals surface area contributed by atoms with Crippen LogP contribution in [0.4, 0.5) is 17.1 Å². The van der Waals surface area contributed by atoms with Crippen molar-refractivity contribution in [2.45, 2.75) is 13.8 Å². The maximum absolute atomic E-state index is 6.66. The van der Waals surface area contributed by atoms with Gasteiger partial charge in [-0.25, -0.2) is 0 Å². The highest BCUT2D eigenvalue weighted by atomic mass is 16.5. The molecule has 8 aromatic rings. The smallest absolute Gasteiger partial charge is 0.333 e. The number of rotatable bonds is 1. The second kappa shape index (κ2) is 8.50. The number of aryl methyl sites for hydroxylation is 2. The molecule has 3 aliphatic heterocycles. The fourth-order valence-electron chi connectivity index (χ4n) is 8.81. The molecular weight excluding hydrogens is 559 g/mol. The van der Waals surface area contributed by atoms with Gasteiger partial charge in [0, 0.05) is 38.4 Å². The van der Waals surface area contributed by atoms with Crippen molar-refractivity contribution in [3.8, 4) is 33.8 Å². The van der Waals surface area contributed by atoms with E-state index < -0.39 is 0 Å². The number of hydrogen-bond donors (Lipinski definition) is 0. The molecule has 3 nitrogen and oxygen atoms in total. The molecule has 0 atom stereocenters. The molecule has 0 spiro atoms. The normalized spacial score (nSPS) is 13.5. The van der Waals surface area contributed by atoms with Gasteiger partial charge in [0.15, 0.2) is 11.5 Å². The van der Waals surface area contributed by atoms with Crippen molar-refractivity contribution in [1.82, 2.24) is 4.48 Å². The summed E-state index contributed by atoms with van der Waals surface area (Å²) in [4.78, 5) is 2.48. The van der Waals surface area contributed by atoms with Crippen LogP contribution in [0.3, 0.4) is 0 Å². The Bertz CT molecular complexity index is 2650. The van der Waals surface area contributed by atoms with E-state index in [4.69, 9.17) is 4.74 Å². The second-order valence-electron chi connectivity index (χ2n) is 13.0. The van der Waals surface area contributed by atoms with Crippen LogP contribution in [0.1, 0.15) is 11.1 Å². The largest absolute Gasteiger partial charge is 0.453 e. The summed E-state index contributed by atoms with van der Waals surface area (Å²) in [6, 6.07) is 46.9. The first-order valence-electron chi connectivity index (χ1n) is 16.1. The molecule has 0 saturated carbocycles. The third-order valence-electron chi connectivity index (χ3n) is 10.6. The topological polar surface area (TPSA) is 17.4 Å². The van der Waals surface area contributed by atoms with Crippen LogP contribution in [0.2, 0.25) is 0 Å². The van der Waals surface area contributed by atoms with Gasteiger partial charge < -0.3 is 14.1 Å². The van der Waals surface area contributed by atoms with Gasteiger partial charge >= 0.3 is 6.85 Å². The zero-order chi connectivity index (χ0) is 30.3. The molecule has 0 unspecified atom stereocenters. The minimum absolute atomic E-state index is 0.0159. The Hall–Kier alpha value is -5.74. The summed E-state index contributed by atoms with van der Waals surface area (Å²) in [5.74, 6) is 1.78. The predicted octanol–water partition coefficient (Wildman–Crippen LogP) is 9.75. The van der Waals surface area contributed by atoms with Gasteiger partial charge in [-0.15, -0.1) is 0 Å². The van der Waals surface area contributed by atoms with Crippen LogP contribution in [0, 0.1) is 13.8 Å². The fourth-order valence-corrected chi connectivity index (χ4v) is 8.81. The highest BCUT2D eigenvalue weighted by Gasteiger charge is 2.45. The lowest BCUT2D eigenvalue weighted by molar-refractivity contribution is 0.477. The van der Waals surface area contributed by atoms with Crippen LogP contribution in [-0.2, 0) is 0 Å². The first-order chi connectivity index (χ1) is 22.7. The van der Waals surface area contributed by atoms with E-state index in [0.29, 0.717) is 0 Å². The Labute approximate surface area is 267 Å². The van der Waals surface area contributed by atoms with Crippen molar-refractivity contribution in [3.05, 3.63) is 139 Å². The number of para-hydroxylation sites is 4. The van der Waals surface area contributed by atoms with Crippen LogP contribution < -0.4 is 20.6 Å². The summed E-state index contributed by atoms with van der Waals surface area (Å²) in [7, 11) is 0. The molecule has 46 heavy (non-hydrogen) atoms.